The molecule has 17 heavy (non-hydrogen) atoms. The molecular formula is C13H27NO3. The summed E-state index contributed by atoms with van der Waals surface area (Å²) in [4.78, 5) is 0. The van der Waals surface area contributed by atoms with Gasteiger partial charge in [0, 0.05) is 38.3 Å². The Kier molecular flexibility index (Phi) is 7.04. The van der Waals surface area contributed by atoms with E-state index >= 15 is 0 Å². The maximum Gasteiger partial charge on any atom is 0.0616 e. The van der Waals surface area contributed by atoms with Crippen molar-refractivity contribution in [2.24, 2.45) is 5.41 Å². The Hall–Kier alpha value is -0.160. The summed E-state index contributed by atoms with van der Waals surface area (Å²) in [7, 11) is 1.68. The van der Waals surface area contributed by atoms with Crippen molar-refractivity contribution in [2.75, 3.05) is 33.5 Å². The van der Waals surface area contributed by atoms with Gasteiger partial charge < -0.3 is 20.3 Å². The van der Waals surface area contributed by atoms with Gasteiger partial charge in [0.1, 0.15) is 0 Å². The van der Waals surface area contributed by atoms with Crippen LogP contribution in [0, 0.1) is 5.41 Å². The van der Waals surface area contributed by atoms with E-state index in [1.54, 1.807) is 7.11 Å². The van der Waals surface area contributed by atoms with Crippen LogP contribution in [-0.4, -0.2) is 49.7 Å². The molecule has 4 nitrogen and oxygen atoms in total. The molecule has 0 heterocycles. The first-order chi connectivity index (χ1) is 8.26. The summed E-state index contributed by atoms with van der Waals surface area (Å²) in [5.41, 5.74) is 0.0553. The topological polar surface area (TPSA) is 61.7 Å². The molecule has 3 N–H and O–H groups in total. The highest BCUT2D eigenvalue weighted by Crippen LogP contribution is 2.35. The van der Waals surface area contributed by atoms with Gasteiger partial charge in [-0.05, 0) is 19.3 Å². The lowest BCUT2D eigenvalue weighted by Gasteiger charge is -2.37. The lowest BCUT2D eigenvalue weighted by atomic mass is 9.74. The molecule has 1 atom stereocenters. The van der Waals surface area contributed by atoms with E-state index in [9.17, 15) is 5.11 Å². The molecule has 4 heteroatoms. The first-order valence-electron chi connectivity index (χ1n) is 6.70. The molecule has 0 bridgehead atoms. The summed E-state index contributed by atoms with van der Waals surface area (Å²) in [6, 6.07) is 0.190. The Balaban J connectivity index is 2.38. The lowest BCUT2D eigenvalue weighted by Crippen LogP contribution is -2.44. The fourth-order valence-electron chi connectivity index (χ4n) is 2.65. The Morgan fingerprint density at radius 3 is 2.47 bits per heavy atom. The molecule has 0 aromatic rings. The number of nitrogens with one attached hydrogen (secondary N) is 1. The third-order valence-electron chi connectivity index (χ3n) is 3.86. The fraction of sp³-hybridized carbons (Fsp3) is 1.00. The molecular weight excluding hydrogens is 218 g/mol. The van der Waals surface area contributed by atoms with Crippen molar-refractivity contribution in [3.8, 4) is 0 Å². The van der Waals surface area contributed by atoms with Gasteiger partial charge in [-0.25, -0.2) is 0 Å². The fourth-order valence-corrected chi connectivity index (χ4v) is 2.65. The van der Waals surface area contributed by atoms with Crippen molar-refractivity contribution < 1.29 is 14.9 Å². The number of ether oxygens (including phenoxy) is 1. The van der Waals surface area contributed by atoms with Crippen LogP contribution in [0.25, 0.3) is 0 Å². The predicted molar refractivity (Wildman–Crippen MR) is 68.0 cm³/mol. The average molecular weight is 245 g/mol. The molecule has 1 aliphatic carbocycles. The highest BCUT2D eigenvalue weighted by Gasteiger charge is 2.31. The summed E-state index contributed by atoms with van der Waals surface area (Å²) < 4.78 is 5.13. The average Bonchev–Trinajstić information content (AvgIpc) is 2.38. The zero-order valence-electron chi connectivity index (χ0n) is 11.0. The quantitative estimate of drug-likeness (QED) is 0.595. The number of aliphatic hydroxyl groups is 2. The van der Waals surface area contributed by atoms with Gasteiger partial charge in [-0.15, -0.1) is 0 Å². The van der Waals surface area contributed by atoms with Gasteiger partial charge in [0.05, 0.1) is 6.61 Å². The minimum absolute atomic E-state index is 0.0553. The minimum atomic E-state index is 0.0553. The summed E-state index contributed by atoms with van der Waals surface area (Å²) in [5, 5.41) is 22.0. The number of rotatable bonds is 8. The van der Waals surface area contributed by atoms with Gasteiger partial charge in [0.25, 0.3) is 0 Å². The summed E-state index contributed by atoms with van der Waals surface area (Å²) in [5.74, 6) is 0. The molecule has 102 valence electrons. The zero-order valence-corrected chi connectivity index (χ0v) is 11.0. The van der Waals surface area contributed by atoms with Crippen LogP contribution in [0.4, 0.5) is 0 Å². The van der Waals surface area contributed by atoms with Crippen molar-refractivity contribution in [3.63, 3.8) is 0 Å². The van der Waals surface area contributed by atoms with Crippen molar-refractivity contribution >= 4 is 0 Å². The number of aliphatic hydroxyl groups excluding tert-OH is 2. The van der Waals surface area contributed by atoms with Gasteiger partial charge >= 0.3 is 0 Å². The maximum absolute atomic E-state index is 9.59. The smallest absolute Gasteiger partial charge is 0.0616 e. The Bertz CT molecular complexity index is 187. The van der Waals surface area contributed by atoms with Crippen molar-refractivity contribution in [1.82, 2.24) is 5.32 Å². The van der Waals surface area contributed by atoms with E-state index in [1.807, 2.05) is 0 Å². The van der Waals surface area contributed by atoms with Crippen LogP contribution in [-0.2, 0) is 4.74 Å². The van der Waals surface area contributed by atoms with E-state index in [4.69, 9.17) is 9.84 Å². The normalized spacial score (nSPS) is 21.4. The van der Waals surface area contributed by atoms with E-state index < -0.39 is 0 Å². The monoisotopic (exact) mass is 245 g/mol. The zero-order chi connectivity index (χ0) is 12.6. The van der Waals surface area contributed by atoms with Gasteiger partial charge in [0.15, 0.2) is 0 Å². The van der Waals surface area contributed by atoms with E-state index in [0.29, 0.717) is 13.0 Å². The predicted octanol–water partition coefficient (Wildman–Crippen LogP) is 0.916. The third kappa shape index (κ3) is 4.92. The summed E-state index contributed by atoms with van der Waals surface area (Å²) >= 11 is 0. The molecule has 0 aromatic heterocycles. The van der Waals surface area contributed by atoms with Gasteiger partial charge in [0.2, 0.25) is 0 Å². The second-order valence-electron chi connectivity index (χ2n) is 5.26. The SMILES string of the molecule is COCC(CCO)NCC1(CO)CCCCC1. The second-order valence-corrected chi connectivity index (χ2v) is 5.26. The minimum Gasteiger partial charge on any atom is -0.396 e. The van der Waals surface area contributed by atoms with Crippen molar-refractivity contribution in [2.45, 2.75) is 44.6 Å². The third-order valence-corrected chi connectivity index (χ3v) is 3.86. The van der Waals surface area contributed by atoms with Crippen LogP contribution >= 0.6 is 0 Å². The Morgan fingerprint density at radius 2 is 1.94 bits per heavy atom. The van der Waals surface area contributed by atoms with Crippen LogP contribution in [0.3, 0.4) is 0 Å². The maximum atomic E-state index is 9.59. The van der Waals surface area contributed by atoms with Gasteiger partial charge in [-0.1, -0.05) is 19.3 Å². The molecule has 1 rings (SSSR count). The highest BCUT2D eigenvalue weighted by molar-refractivity contribution is 4.85. The molecule has 0 aliphatic heterocycles. The molecule has 0 aromatic carbocycles. The standard InChI is InChI=1S/C13H27NO3/c1-17-9-12(5-8-15)14-10-13(11-16)6-3-2-4-7-13/h12,14-16H,2-11H2,1H3. The molecule has 1 unspecified atom stereocenters. The van der Waals surface area contributed by atoms with Crippen molar-refractivity contribution in [3.05, 3.63) is 0 Å². The summed E-state index contributed by atoms with van der Waals surface area (Å²) in [6.07, 6.45) is 6.65. The first-order valence-corrected chi connectivity index (χ1v) is 6.70. The largest absolute Gasteiger partial charge is 0.396 e. The number of hydrogen-bond donors (Lipinski definition) is 3. The molecule has 0 saturated heterocycles. The molecule has 0 amide bonds. The molecule has 0 radical (unpaired) electrons. The lowest BCUT2D eigenvalue weighted by molar-refractivity contribution is 0.0694. The van der Waals surface area contributed by atoms with Crippen molar-refractivity contribution in [1.29, 1.82) is 0 Å². The van der Waals surface area contributed by atoms with Crippen LogP contribution in [0.1, 0.15) is 38.5 Å². The van der Waals surface area contributed by atoms with Crippen LogP contribution in [0.5, 0.6) is 0 Å². The number of hydrogen-bond acceptors (Lipinski definition) is 4. The van der Waals surface area contributed by atoms with Crippen LogP contribution < -0.4 is 5.32 Å². The highest BCUT2D eigenvalue weighted by atomic mass is 16.5. The van der Waals surface area contributed by atoms with E-state index in [0.717, 1.165) is 19.4 Å². The summed E-state index contributed by atoms with van der Waals surface area (Å²) in [6.45, 7) is 1.88. The van der Waals surface area contributed by atoms with E-state index in [2.05, 4.69) is 5.32 Å². The molecule has 1 aliphatic rings. The van der Waals surface area contributed by atoms with E-state index in [1.165, 1.54) is 19.3 Å². The van der Waals surface area contributed by atoms with Crippen LogP contribution in [0.15, 0.2) is 0 Å². The molecule has 1 saturated carbocycles. The van der Waals surface area contributed by atoms with Gasteiger partial charge in [-0.3, -0.25) is 0 Å². The Labute approximate surface area is 104 Å². The first kappa shape index (κ1) is 14.9. The van der Waals surface area contributed by atoms with Gasteiger partial charge in [-0.2, -0.15) is 0 Å². The number of methoxy groups -OCH3 is 1. The second kappa shape index (κ2) is 8.03. The Morgan fingerprint density at radius 1 is 1.24 bits per heavy atom. The molecule has 1 fully saturated rings. The molecule has 0 spiro atoms. The van der Waals surface area contributed by atoms with Crippen LogP contribution in [0.2, 0.25) is 0 Å². The van der Waals surface area contributed by atoms with E-state index in [-0.39, 0.29) is 24.7 Å².